The van der Waals surface area contributed by atoms with Crippen LogP contribution < -0.4 is 15.0 Å². The average Bonchev–Trinajstić information content (AvgIpc) is 2.74. The Bertz CT molecular complexity index is 705. The Morgan fingerprint density at radius 3 is 2.37 bits per heavy atom. The van der Waals surface area contributed by atoms with Crippen LogP contribution >= 0.6 is 0 Å². The summed E-state index contributed by atoms with van der Waals surface area (Å²) >= 11 is 0. The van der Waals surface area contributed by atoms with E-state index in [1.807, 2.05) is 30.3 Å². The highest BCUT2D eigenvalue weighted by Crippen LogP contribution is 2.16. The SMILES string of the molecule is CCC(=O)NC(Cc1ccccc1)C(=O)N(C)c1ccc(OC)nc1.CO. The molecule has 2 aromatic rings. The molecule has 0 saturated heterocycles. The van der Waals surface area contributed by atoms with Crippen LogP contribution in [0, 0.1) is 0 Å². The summed E-state index contributed by atoms with van der Waals surface area (Å²) in [6.45, 7) is 1.76. The minimum Gasteiger partial charge on any atom is -0.481 e. The van der Waals surface area contributed by atoms with Crippen LogP contribution in [-0.4, -0.2) is 49.2 Å². The monoisotopic (exact) mass is 373 g/mol. The van der Waals surface area contributed by atoms with Gasteiger partial charge in [-0.15, -0.1) is 0 Å². The van der Waals surface area contributed by atoms with Gasteiger partial charge in [0.1, 0.15) is 6.04 Å². The molecular weight excluding hydrogens is 346 g/mol. The number of rotatable bonds is 7. The maximum Gasteiger partial charge on any atom is 0.249 e. The Labute approximate surface area is 160 Å². The Kier molecular flexibility index (Phi) is 9.53. The number of anilines is 1. The fourth-order valence-electron chi connectivity index (χ4n) is 2.40. The van der Waals surface area contributed by atoms with Crippen molar-refractivity contribution in [2.24, 2.45) is 0 Å². The van der Waals surface area contributed by atoms with Crippen molar-refractivity contribution in [1.29, 1.82) is 0 Å². The van der Waals surface area contributed by atoms with Crippen LogP contribution in [0.2, 0.25) is 0 Å². The van der Waals surface area contributed by atoms with Gasteiger partial charge in [0, 0.05) is 33.1 Å². The second-order valence-corrected chi connectivity index (χ2v) is 5.62. The molecule has 0 saturated carbocycles. The highest BCUT2D eigenvalue weighted by Gasteiger charge is 2.25. The van der Waals surface area contributed by atoms with Gasteiger partial charge >= 0.3 is 0 Å². The molecule has 0 spiro atoms. The quantitative estimate of drug-likeness (QED) is 0.772. The van der Waals surface area contributed by atoms with Gasteiger partial charge in [-0.1, -0.05) is 37.3 Å². The van der Waals surface area contributed by atoms with Crippen LogP contribution in [0.5, 0.6) is 5.88 Å². The first-order valence-electron chi connectivity index (χ1n) is 8.60. The molecule has 1 aromatic heterocycles. The van der Waals surface area contributed by atoms with Crippen LogP contribution in [-0.2, 0) is 16.0 Å². The van der Waals surface area contributed by atoms with E-state index in [0.717, 1.165) is 12.7 Å². The largest absolute Gasteiger partial charge is 0.481 e. The third-order valence-corrected chi connectivity index (χ3v) is 3.88. The van der Waals surface area contributed by atoms with E-state index in [1.54, 1.807) is 32.3 Å². The van der Waals surface area contributed by atoms with Gasteiger partial charge in [0.05, 0.1) is 19.0 Å². The number of pyridine rings is 1. The van der Waals surface area contributed by atoms with Crippen LogP contribution in [0.3, 0.4) is 0 Å². The summed E-state index contributed by atoms with van der Waals surface area (Å²) < 4.78 is 5.03. The Hall–Kier alpha value is -2.93. The second kappa shape index (κ2) is 11.6. The number of nitrogens with one attached hydrogen (secondary N) is 1. The number of methoxy groups -OCH3 is 1. The zero-order chi connectivity index (χ0) is 20.2. The van der Waals surface area contributed by atoms with Crippen molar-refractivity contribution in [2.45, 2.75) is 25.8 Å². The summed E-state index contributed by atoms with van der Waals surface area (Å²) in [4.78, 5) is 30.4. The molecule has 0 aliphatic heterocycles. The number of amides is 2. The number of benzene rings is 1. The minimum absolute atomic E-state index is 0.157. The number of ether oxygens (including phenoxy) is 1. The number of carbonyl (C=O) groups excluding carboxylic acids is 2. The van der Waals surface area contributed by atoms with E-state index in [1.165, 1.54) is 12.0 Å². The van der Waals surface area contributed by atoms with Crippen molar-refractivity contribution in [3.8, 4) is 5.88 Å². The molecule has 1 aromatic carbocycles. The molecule has 7 nitrogen and oxygen atoms in total. The lowest BCUT2D eigenvalue weighted by Gasteiger charge is -2.24. The first-order valence-corrected chi connectivity index (χ1v) is 8.60. The molecule has 2 N–H and O–H groups in total. The lowest BCUT2D eigenvalue weighted by Crippen LogP contribution is -2.48. The zero-order valence-electron chi connectivity index (χ0n) is 16.2. The molecular formula is C20H27N3O4. The molecule has 0 bridgehead atoms. The van der Waals surface area contributed by atoms with Gasteiger partial charge in [0.25, 0.3) is 0 Å². The minimum atomic E-state index is -0.637. The van der Waals surface area contributed by atoms with Crippen molar-refractivity contribution in [1.82, 2.24) is 10.3 Å². The lowest BCUT2D eigenvalue weighted by atomic mass is 10.0. The summed E-state index contributed by atoms with van der Waals surface area (Å²) in [5.74, 6) is 0.123. The molecule has 1 atom stereocenters. The van der Waals surface area contributed by atoms with Gasteiger partial charge in [0.15, 0.2) is 0 Å². The Morgan fingerprint density at radius 1 is 1.19 bits per heavy atom. The van der Waals surface area contributed by atoms with Crippen molar-refractivity contribution >= 4 is 17.5 Å². The van der Waals surface area contributed by atoms with E-state index in [-0.39, 0.29) is 11.8 Å². The normalized spacial score (nSPS) is 10.9. The molecule has 0 aliphatic carbocycles. The van der Waals surface area contributed by atoms with Gasteiger partial charge < -0.3 is 20.1 Å². The molecule has 0 radical (unpaired) electrons. The summed E-state index contributed by atoms with van der Waals surface area (Å²) in [6, 6.07) is 12.4. The zero-order valence-corrected chi connectivity index (χ0v) is 16.2. The number of hydrogen-bond donors (Lipinski definition) is 2. The second-order valence-electron chi connectivity index (χ2n) is 5.62. The first kappa shape index (κ1) is 22.1. The molecule has 146 valence electrons. The van der Waals surface area contributed by atoms with Crippen molar-refractivity contribution < 1.29 is 19.4 Å². The van der Waals surface area contributed by atoms with Gasteiger partial charge in [-0.05, 0) is 11.6 Å². The molecule has 7 heteroatoms. The van der Waals surface area contributed by atoms with Crippen molar-refractivity contribution in [2.75, 3.05) is 26.2 Å². The van der Waals surface area contributed by atoms with E-state index in [4.69, 9.17) is 9.84 Å². The predicted molar refractivity (Wildman–Crippen MR) is 105 cm³/mol. The van der Waals surface area contributed by atoms with Crippen molar-refractivity contribution in [3.05, 3.63) is 54.2 Å². The van der Waals surface area contributed by atoms with Gasteiger partial charge in [-0.2, -0.15) is 0 Å². The number of aliphatic hydroxyl groups is 1. The molecule has 2 amide bonds. The van der Waals surface area contributed by atoms with Crippen LogP contribution in [0.15, 0.2) is 48.7 Å². The smallest absolute Gasteiger partial charge is 0.249 e. The van der Waals surface area contributed by atoms with Gasteiger partial charge in [0.2, 0.25) is 17.7 Å². The summed E-state index contributed by atoms with van der Waals surface area (Å²) in [5, 5.41) is 9.81. The fraction of sp³-hybridized carbons (Fsp3) is 0.350. The van der Waals surface area contributed by atoms with Gasteiger partial charge in [-0.3, -0.25) is 9.59 Å². The van der Waals surface area contributed by atoms with Crippen LogP contribution in [0.4, 0.5) is 5.69 Å². The molecule has 2 rings (SSSR count). The topological polar surface area (TPSA) is 91.8 Å². The van der Waals surface area contributed by atoms with E-state index in [9.17, 15) is 9.59 Å². The van der Waals surface area contributed by atoms with Crippen molar-refractivity contribution in [3.63, 3.8) is 0 Å². The molecule has 1 unspecified atom stereocenters. The van der Waals surface area contributed by atoms with Gasteiger partial charge in [-0.25, -0.2) is 4.98 Å². The Balaban J connectivity index is 0.00000176. The molecule has 27 heavy (non-hydrogen) atoms. The number of nitrogens with zero attached hydrogens (tertiary/aromatic N) is 2. The van der Waals surface area contributed by atoms with E-state index in [0.29, 0.717) is 24.4 Å². The van der Waals surface area contributed by atoms with E-state index >= 15 is 0 Å². The predicted octanol–water partition coefficient (Wildman–Crippen LogP) is 1.80. The highest BCUT2D eigenvalue weighted by atomic mass is 16.5. The standard InChI is InChI=1S/C19H23N3O3.CH4O/c1-4-17(23)21-16(12-14-8-6-5-7-9-14)19(24)22(2)15-10-11-18(25-3)20-13-15;1-2/h5-11,13,16H,4,12H2,1-3H3,(H,21,23);2H,1H3. The van der Waals surface area contributed by atoms with E-state index < -0.39 is 6.04 Å². The van der Waals surface area contributed by atoms with Crippen LogP contribution in [0.1, 0.15) is 18.9 Å². The third kappa shape index (κ3) is 6.71. The maximum atomic E-state index is 12.9. The number of hydrogen-bond acceptors (Lipinski definition) is 5. The third-order valence-electron chi connectivity index (χ3n) is 3.88. The van der Waals surface area contributed by atoms with Crippen LogP contribution in [0.25, 0.3) is 0 Å². The lowest BCUT2D eigenvalue weighted by molar-refractivity contribution is -0.127. The molecule has 0 aliphatic rings. The number of aromatic nitrogens is 1. The first-order chi connectivity index (χ1) is 13.0. The van der Waals surface area contributed by atoms with E-state index in [2.05, 4.69) is 10.3 Å². The molecule has 0 fully saturated rings. The number of likely N-dealkylation sites (N-methyl/N-ethyl adjacent to an activating group) is 1. The fourth-order valence-corrected chi connectivity index (χ4v) is 2.40. The Morgan fingerprint density at radius 2 is 1.85 bits per heavy atom. The maximum absolute atomic E-state index is 12.9. The number of aliphatic hydroxyl groups excluding tert-OH is 1. The summed E-state index contributed by atoms with van der Waals surface area (Å²) in [7, 11) is 4.20. The summed E-state index contributed by atoms with van der Waals surface area (Å²) in [6.07, 6.45) is 2.32. The number of carbonyl (C=O) groups is 2. The molecule has 1 heterocycles. The average molecular weight is 373 g/mol. The summed E-state index contributed by atoms with van der Waals surface area (Å²) in [5.41, 5.74) is 1.62. The highest BCUT2D eigenvalue weighted by molar-refractivity contribution is 5.98.